The second-order valence-corrected chi connectivity index (χ2v) is 6.93. The molecule has 0 heterocycles. The van der Waals surface area contributed by atoms with E-state index < -0.39 is 15.3 Å². The Kier molecular flexibility index (Phi) is 4.32. The number of carbonyl (C=O) groups excluding carboxylic acids is 1. The molecule has 0 unspecified atom stereocenters. The molecule has 0 atom stereocenters. The first-order valence-corrected chi connectivity index (χ1v) is 7.18. The van der Waals surface area contributed by atoms with E-state index in [0.717, 1.165) is 0 Å². The molecule has 1 rings (SSSR count). The number of primary amides is 1. The van der Waals surface area contributed by atoms with Crippen molar-refractivity contribution < 1.29 is 13.2 Å². The van der Waals surface area contributed by atoms with Crippen LogP contribution in [0.25, 0.3) is 0 Å². The van der Waals surface area contributed by atoms with Crippen LogP contribution in [0.3, 0.4) is 0 Å². The summed E-state index contributed by atoms with van der Waals surface area (Å²) in [6.45, 7) is 3.30. The molecule has 1 saturated carbocycles. The number of hydrogen-bond donors (Lipinski definition) is 2. The van der Waals surface area contributed by atoms with Gasteiger partial charge in [-0.2, -0.15) is 0 Å². The summed E-state index contributed by atoms with van der Waals surface area (Å²) in [6, 6.07) is -0.0389. The molecule has 0 aromatic carbocycles. The Morgan fingerprint density at radius 3 is 2.12 bits per heavy atom. The molecule has 0 spiro atoms. The molecule has 0 aromatic rings. The zero-order valence-corrected chi connectivity index (χ0v) is 10.6. The monoisotopic (exact) mass is 248 g/mol. The van der Waals surface area contributed by atoms with Crippen LogP contribution >= 0.6 is 0 Å². The topological polar surface area (TPSA) is 89.3 Å². The van der Waals surface area contributed by atoms with E-state index in [2.05, 4.69) is 4.72 Å². The van der Waals surface area contributed by atoms with Gasteiger partial charge < -0.3 is 5.73 Å². The number of nitrogens with one attached hydrogen (secondary N) is 1. The molecular weight excluding hydrogens is 228 g/mol. The van der Waals surface area contributed by atoms with Crippen molar-refractivity contribution in [2.75, 3.05) is 0 Å². The summed E-state index contributed by atoms with van der Waals surface area (Å²) in [5.74, 6) is -0.357. The number of rotatable bonds is 4. The van der Waals surface area contributed by atoms with Crippen LogP contribution in [-0.2, 0) is 14.8 Å². The number of sulfonamides is 1. The number of hydrogen-bond acceptors (Lipinski definition) is 3. The van der Waals surface area contributed by atoms with Gasteiger partial charge in [-0.05, 0) is 39.5 Å². The number of amides is 1. The summed E-state index contributed by atoms with van der Waals surface area (Å²) in [5.41, 5.74) is 5.21. The molecule has 0 saturated heterocycles. The molecule has 3 N–H and O–H groups in total. The minimum absolute atomic E-state index is 0.0389. The lowest BCUT2D eigenvalue weighted by Crippen LogP contribution is -2.42. The average molecular weight is 248 g/mol. The molecule has 94 valence electrons. The Bertz CT molecular complexity index is 343. The van der Waals surface area contributed by atoms with Crippen LogP contribution in [0.4, 0.5) is 0 Å². The zero-order valence-electron chi connectivity index (χ0n) is 9.77. The van der Waals surface area contributed by atoms with Gasteiger partial charge in [0.05, 0.1) is 5.25 Å². The Morgan fingerprint density at radius 1 is 1.25 bits per heavy atom. The van der Waals surface area contributed by atoms with Gasteiger partial charge in [0.1, 0.15) is 0 Å². The van der Waals surface area contributed by atoms with Crippen molar-refractivity contribution >= 4 is 15.9 Å². The number of carbonyl (C=O) groups is 1. The highest BCUT2D eigenvalue weighted by Crippen LogP contribution is 2.24. The average Bonchev–Trinajstić information content (AvgIpc) is 2.17. The van der Waals surface area contributed by atoms with Crippen molar-refractivity contribution in [3.63, 3.8) is 0 Å². The fraction of sp³-hybridized carbons (Fsp3) is 0.900. The maximum Gasteiger partial charge on any atom is 0.220 e. The molecule has 5 nitrogen and oxygen atoms in total. The van der Waals surface area contributed by atoms with E-state index in [-0.39, 0.29) is 17.9 Å². The van der Waals surface area contributed by atoms with Crippen molar-refractivity contribution in [3.8, 4) is 0 Å². The molecule has 0 bridgehead atoms. The summed E-state index contributed by atoms with van der Waals surface area (Å²) < 4.78 is 25.9. The van der Waals surface area contributed by atoms with E-state index in [4.69, 9.17) is 5.73 Å². The van der Waals surface area contributed by atoms with Gasteiger partial charge in [0, 0.05) is 12.0 Å². The second-order valence-electron chi connectivity index (χ2n) is 4.66. The molecule has 6 heteroatoms. The lowest BCUT2D eigenvalue weighted by molar-refractivity contribution is -0.122. The van der Waals surface area contributed by atoms with Crippen molar-refractivity contribution in [2.45, 2.75) is 50.8 Å². The predicted octanol–water partition coefficient (Wildman–Crippen LogP) is 0.358. The fourth-order valence-electron chi connectivity index (χ4n) is 1.86. The van der Waals surface area contributed by atoms with Crippen LogP contribution in [0.2, 0.25) is 0 Å². The summed E-state index contributed by atoms with van der Waals surface area (Å²) in [5, 5.41) is -0.415. The molecule has 0 aromatic heterocycles. The van der Waals surface area contributed by atoms with Crippen LogP contribution in [0.5, 0.6) is 0 Å². The normalized spacial score (nSPS) is 26.9. The van der Waals surface area contributed by atoms with Gasteiger partial charge in [-0.1, -0.05) is 0 Å². The number of nitrogens with two attached hydrogens (primary N) is 1. The first-order valence-electron chi connectivity index (χ1n) is 5.63. The van der Waals surface area contributed by atoms with E-state index in [1.54, 1.807) is 13.8 Å². The van der Waals surface area contributed by atoms with E-state index in [9.17, 15) is 13.2 Å². The van der Waals surface area contributed by atoms with Gasteiger partial charge in [-0.15, -0.1) is 0 Å². The summed E-state index contributed by atoms with van der Waals surface area (Å²) in [7, 11) is -3.20. The first kappa shape index (κ1) is 13.4. The molecule has 1 aliphatic rings. The zero-order chi connectivity index (χ0) is 12.3. The Labute approximate surface area is 96.8 Å². The van der Waals surface area contributed by atoms with Gasteiger partial charge >= 0.3 is 0 Å². The predicted molar refractivity (Wildman–Crippen MR) is 62.1 cm³/mol. The van der Waals surface area contributed by atoms with Gasteiger partial charge in [-0.25, -0.2) is 13.1 Å². The SMILES string of the molecule is CC(C)S(=O)(=O)NC1CCC(C(N)=O)CC1. The van der Waals surface area contributed by atoms with Crippen molar-refractivity contribution in [1.82, 2.24) is 4.72 Å². The van der Waals surface area contributed by atoms with E-state index in [1.165, 1.54) is 0 Å². The van der Waals surface area contributed by atoms with Crippen molar-refractivity contribution in [1.29, 1.82) is 0 Å². The first-order chi connectivity index (χ1) is 7.33. The third-order valence-corrected chi connectivity index (χ3v) is 4.98. The van der Waals surface area contributed by atoms with E-state index >= 15 is 0 Å². The largest absolute Gasteiger partial charge is 0.369 e. The standard InChI is InChI=1S/C10H20N2O3S/c1-7(2)16(14,15)12-9-5-3-8(4-6-9)10(11)13/h7-9,12H,3-6H2,1-2H3,(H2,11,13). The van der Waals surface area contributed by atoms with Crippen LogP contribution in [-0.4, -0.2) is 25.6 Å². The van der Waals surface area contributed by atoms with Gasteiger partial charge in [0.25, 0.3) is 0 Å². The smallest absolute Gasteiger partial charge is 0.220 e. The van der Waals surface area contributed by atoms with Crippen LogP contribution in [0.15, 0.2) is 0 Å². The fourth-order valence-corrected chi connectivity index (χ4v) is 2.84. The highest BCUT2D eigenvalue weighted by atomic mass is 32.2. The highest BCUT2D eigenvalue weighted by Gasteiger charge is 2.28. The third-order valence-electron chi connectivity index (χ3n) is 3.08. The molecular formula is C10H20N2O3S. The molecule has 16 heavy (non-hydrogen) atoms. The minimum Gasteiger partial charge on any atom is -0.369 e. The summed E-state index contributed by atoms with van der Waals surface area (Å²) >= 11 is 0. The Hall–Kier alpha value is -0.620. The summed E-state index contributed by atoms with van der Waals surface area (Å²) in [4.78, 5) is 10.9. The van der Waals surface area contributed by atoms with Crippen LogP contribution in [0, 0.1) is 5.92 Å². The Morgan fingerprint density at radius 2 is 1.75 bits per heavy atom. The maximum atomic E-state index is 11.6. The third kappa shape index (κ3) is 3.45. The van der Waals surface area contributed by atoms with Gasteiger partial charge in [-0.3, -0.25) is 4.79 Å². The van der Waals surface area contributed by atoms with E-state index in [1.807, 2.05) is 0 Å². The Balaban J connectivity index is 2.47. The highest BCUT2D eigenvalue weighted by molar-refractivity contribution is 7.90. The molecule has 1 aliphatic carbocycles. The lowest BCUT2D eigenvalue weighted by atomic mass is 9.86. The molecule has 0 aliphatic heterocycles. The quantitative estimate of drug-likeness (QED) is 0.752. The van der Waals surface area contributed by atoms with Gasteiger partial charge in [0.15, 0.2) is 0 Å². The molecule has 1 amide bonds. The van der Waals surface area contributed by atoms with Crippen LogP contribution in [0.1, 0.15) is 39.5 Å². The van der Waals surface area contributed by atoms with Gasteiger partial charge in [0.2, 0.25) is 15.9 Å². The molecule has 1 fully saturated rings. The van der Waals surface area contributed by atoms with Crippen molar-refractivity contribution in [3.05, 3.63) is 0 Å². The minimum atomic E-state index is -3.20. The molecule has 0 radical (unpaired) electrons. The maximum absolute atomic E-state index is 11.6. The lowest BCUT2D eigenvalue weighted by Gasteiger charge is -2.27. The second kappa shape index (κ2) is 5.14. The van der Waals surface area contributed by atoms with Crippen molar-refractivity contribution in [2.24, 2.45) is 11.7 Å². The van der Waals surface area contributed by atoms with Crippen LogP contribution < -0.4 is 10.5 Å². The summed E-state index contributed by atoms with van der Waals surface area (Å²) in [6.07, 6.45) is 2.75. The van der Waals surface area contributed by atoms with E-state index in [0.29, 0.717) is 25.7 Å².